The third-order valence-electron chi connectivity index (χ3n) is 3.50. The highest BCUT2D eigenvalue weighted by molar-refractivity contribution is 5.91. The van der Waals surface area contributed by atoms with E-state index in [1.54, 1.807) is 6.92 Å². The molecule has 1 saturated carbocycles. The summed E-state index contributed by atoms with van der Waals surface area (Å²) >= 11 is 0. The lowest BCUT2D eigenvalue weighted by Crippen LogP contribution is -2.47. The molecule has 0 aromatic carbocycles. The molecule has 20 heavy (non-hydrogen) atoms. The average molecular weight is 285 g/mol. The predicted molar refractivity (Wildman–Crippen MR) is 67.5 cm³/mol. The summed E-state index contributed by atoms with van der Waals surface area (Å²) in [6.45, 7) is 1.69. The summed E-state index contributed by atoms with van der Waals surface area (Å²) < 4.78 is 26.1. The molecule has 0 unspecified atom stereocenters. The van der Waals surface area contributed by atoms with Gasteiger partial charge >= 0.3 is 0 Å². The Morgan fingerprint density at radius 1 is 1.30 bits per heavy atom. The number of hydrogen-bond donors (Lipinski definition) is 2. The van der Waals surface area contributed by atoms with Crippen LogP contribution in [0.4, 0.5) is 8.78 Å². The van der Waals surface area contributed by atoms with E-state index in [0.717, 1.165) is 0 Å². The van der Waals surface area contributed by atoms with Gasteiger partial charge in [0, 0.05) is 25.6 Å². The van der Waals surface area contributed by atoms with Crippen LogP contribution in [0.3, 0.4) is 0 Å². The Bertz CT molecular complexity index is 481. The van der Waals surface area contributed by atoms with Gasteiger partial charge in [0.2, 0.25) is 5.92 Å². The number of aryl methyl sites for hydroxylation is 1. The first-order valence-electron chi connectivity index (χ1n) is 6.47. The van der Waals surface area contributed by atoms with Crippen molar-refractivity contribution in [2.75, 3.05) is 6.54 Å². The van der Waals surface area contributed by atoms with Gasteiger partial charge in [0.1, 0.15) is 5.69 Å². The molecule has 1 fully saturated rings. The number of hydrogen-bond acceptors (Lipinski definition) is 4. The van der Waals surface area contributed by atoms with E-state index in [1.807, 2.05) is 0 Å². The van der Waals surface area contributed by atoms with Crippen molar-refractivity contribution in [2.45, 2.75) is 44.1 Å². The number of aliphatic hydroxyl groups is 1. The Balaban J connectivity index is 1.89. The number of nitrogens with one attached hydrogen (secondary N) is 1. The molecule has 0 aliphatic heterocycles. The highest BCUT2D eigenvalue weighted by atomic mass is 19.3. The molecule has 1 aliphatic rings. The molecule has 1 aromatic rings. The number of aromatic nitrogens is 2. The highest BCUT2D eigenvalue weighted by Gasteiger charge is 2.42. The first-order chi connectivity index (χ1) is 9.30. The van der Waals surface area contributed by atoms with E-state index in [9.17, 15) is 18.7 Å². The summed E-state index contributed by atoms with van der Waals surface area (Å²) in [5.74, 6) is -3.18. The zero-order valence-corrected chi connectivity index (χ0v) is 11.2. The molecule has 5 nitrogen and oxygen atoms in total. The second-order valence-electron chi connectivity index (χ2n) is 5.31. The van der Waals surface area contributed by atoms with Crippen molar-refractivity contribution < 1.29 is 18.7 Å². The molecule has 2 N–H and O–H groups in total. The van der Waals surface area contributed by atoms with Gasteiger partial charge < -0.3 is 10.4 Å². The van der Waals surface area contributed by atoms with Crippen LogP contribution < -0.4 is 5.32 Å². The van der Waals surface area contributed by atoms with Gasteiger partial charge in [-0.3, -0.25) is 9.78 Å². The van der Waals surface area contributed by atoms with E-state index < -0.39 is 17.4 Å². The largest absolute Gasteiger partial charge is 0.388 e. The Hall–Kier alpha value is -1.63. The van der Waals surface area contributed by atoms with Crippen molar-refractivity contribution in [2.24, 2.45) is 0 Å². The molecule has 0 radical (unpaired) electrons. The molecule has 1 aliphatic carbocycles. The second-order valence-corrected chi connectivity index (χ2v) is 5.31. The smallest absolute Gasteiger partial charge is 0.271 e. The Kier molecular flexibility index (Phi) is 3.99. The first kappa shape index (κ1) is 14.8. The molecule has 0 bridgehead atoms. The normalized spacial score (nSPS) is 20.4. The fraction of sp³-hybridized carbons (Fsp3) is 0.615. The van der Waals surface area contributed by atoms with Crippen LogP contribution in [-0.4, -0.2) is 39.1 Å². The molecule has 110 valence electrons. The van der Waals surface area contributed by atoms with Crippen molar-refractivity contribution in [3.63, 3.8) is 0 Å². The number of nitrogens with zero attached hydrogens (tertiary/aromatic N) is 2. The molecule has 2 rings (SSSR count). The van der Waals surface area contributed by atoms with Crippen molar-refractivity contribution in [3.8, 4) is 0 Å². The third kappa shape index (κ3) is 3.69. The van der Waals surface area contributed by atoms with Gasteiger partial charge in [-0.2, -0.15) is 0 Å². The molecule has 7 heteroatoms. The van der Waals surface area contributed by atoms with Crippen LogP contribution in [0.15, 0.2) is 12.4 Å². The van der Waals surface area contributed by atoms with Gasteiger partial charge in [0.25, 0.3) is 5.91 Å². The lowest BCUT2D eigenvalue weighted by molar-refractivity contribution is -0.101. The minimum atomic E-state index is -2.71. The van der Waals surface area contributed by atoms with Gasteiger partial charge in [-0.1, -0.05) is 0 Å². The van der Waals surface area contributed by atoms with Crippen molar-refractivity contribution >= 4 is 5.91 Å². The zero-order valence-electron chi connectivity index (χ0n) is 11.2. The Morgan fingerprint density at radius 3 is 2.50 bits per heavy atom. The van der Waals surface area contributed by atoms with Gasteiger partial charge in [0.15, 0.2) is 0 Å². The van der Waals surface area contributed by atoms with Gasteiger partial charge in [-0.25, -0.2) is 13.8 Å². The molecule has 1 aromatic heterocycles. The Morgan fingerprint density at radius 2 is 1.95 bits per heavy atom. The quantitative estimate of drug-likeness (QED) is 0.881. The molecule has 0 spiro atoms. The summed E-state index contributed by atoms with van der Waals surface area (Å²) in [5, 5.41) is 12.7. The molecule has 1 amide bonds. The maximum Gasteiger partial charge on any atom is 0.271 e. The zero-order chi connectivity index (χ0) is 14.8. The van der Waals surface area contributed by atoms with Crippen molar-refractivity contribution in [1.82, 2.24) is 15.3 Å². The summed E-state index contributed by atoms with van der Waals surface area (Å²) in [7, 11) is 0. The van der Waals surface area contributed by atoms with E-state index in [1.165, 1.54) is 12.4 Å². The van der Waals surface area contributed by atoms with Crippen molar-refractivity contribution in [1.29, 1.82) is 0 Å². The first-order valence-corrected chi connectivity index (χ1v) is 6.47. The molecular weight excluding hydrogens is 268 g/mol. The number of carbonyl (C=O) groups is 1. The minimum Gasteiger partial charge on any atom is -0.388 e. The van der Waals surface area contributed by atoms with Crippen LogP contribution in [0.5, 0.6) is 0 Å². The number of halogens is 2. The standard InChI is InChI=1S/C13H17F2N3O2/c1-9-6-17-10(7-16-9)11(19)18-8-12(20)2-4-13(14,15)5-3-12/h6-7,20H,2-5,8H2,1H3,(H,18,19). The maximum absolute atomic E-state index is 13.0. The Labute approximate surface area is 115 Å². The van der Waals surface area contributed by atoms with E-state index in [0.29, 0.717) is 5.69 Å². The molecule has 1 heterocycles. The minimum absolute atomic E-state index is 0.0279. The topological polar surface area (TPSA) is 75.1 Å². The van der Waals surface area contributed by atoms with Crippen LogP contribution in [0.2, 0.25) is 0 Å². The lowest BCUT2D eigenvalue weighted by Gasteiger charge is -2.35. The molecular formula is C13H17F2N3O2. The lowest BCUT2D eigenvalue weighted by atomic mass is 9.83. The van der Waals surface area contributed by atoms with E-state index >= 15 is 0 Å². The maximum atomic E-state index is 13.0. The van der Waals surface area contributed by atoms with Crippen LogP contribution >= 0.6 is 0 Å². The SMILES string of the molecule is Cc1cnc(C(=O)NCC2(O)CCC(F)(F)CC2)cn1. The average Bonchev–Trinajstić information content (AvgIpc) is 2.41. The predicted octanol–water partition coefficient (Wildman–Crippen LogP) is 1.46. The summed E-state index contributed by atoms with van der Waals surface area (Å²) in [6, 6.07) is 0. The number of rotatable bonds is 3. The van der Waals surface area contributed by atoms with Crippen LogP contribution in [0.1, 0.15) is 41.9 Å². The summed E-state index contributed by atoms with van der Waals surface area (Å²) in [4.78, 5) is 19.7. The number of amides is 1. The molecule has 0 saturated heterocycles. The number of carbonyl (C=O) groups excluding carboxylic acids is 1. The fourth-order valence-corrected chi connectivity index (χ4v) is 2.10. The van der Waals surface area contributed by atoms with Crippen LogP contribution in [0, 0.1) is 6.92 Å². The van der Waals surface area contributed by atoms with Crippen LogP contribution in [-0.2, 0) is 0 Å². The number of alkyl halides is 2. The third-order valence-corrected chi connectivity index (χ3v) is 3.50. The second kappa shape index (κ2) is 5.40. The van der Waals surface area contributed by atoms with Gasteiger partial charge in [0.05, 0.1) is 17.5 Å². The summed E-state index contributed by atoms with van der Waals surface area (Å²) in [5.41, 5.74) is -0.440. The highest BCUT2D eigenvalue weighted by Crippen LogP contribution is 2.38. The van der Waals surface area contributed by atoms with Gasteiger partial charge in [-0.05, 0) is 19.8 Å². The summed E-state index contributed by atoms with van der Waals surface area (Å²) in [6.07, 6.45) is 2.03. The fourth-order valence-electron chi connectivity index (χ4n) is 2.10. The van der Waals surface area contributed by atoms with E-state index in [2.05, 4.69) is 15.3 Å². The monoisotopic (exact) mass is 285 g/mol. The van der Waals surface area contributed by atoms with Crippen molar-refractivity contribution in [3.05, 3.63) is 23.8 Å². The van der Waals surface area contributed by atoms with Crippen LogP contribution in [0.25, 0.3) is 0 Å². The molecule has 0 atom stereocenters. The van der Waals surface area contributed by atoms with E-state index in [-0.39, 0.29) is 37.9 Å². The van der Waals surface area contributed by atoms with Gasteiger partial charge in [-0.15, -0.1) is 0 Å². The van der Waals surface area contributed by atoms with E-state index in [4.69, 9.17) is 0 Å².